The summed E-state index contributed by atoms with van der Waals surface area (Å²) in [5, 5.41) is 2.28. The lowest BCUT2D eigenvalue weighted by Crippen LogP contribution is -2.03. The normalized spacial score (nSPS) is 11.5. The van der Waals surface area contributed by atoms with Gasteiger partial charge < -0.3 is 0 Å². The van der Waals surface area contributed by atoms with E-state index in [1.165, 1.54) is 0 Å². The van der Waals surface area contributed by atoms with Gasteiger partial charge in [0.15, 0.2) is 0 Å². The van der Waals surface area contributed by atoms with Gasteiger partial charge >= 0.3 is 0 Å². The number of hydrogen-bond donors (Lipinski definition) is 0. The Balaban J connectivity index is 1.54. The fraction of sp³-hybridized carbons (Fsp3) is 0. The third kappa shape index (κ3) is 3.43. The highest BCUT2D eigenvalue weighted by molar-refractivity contribution is 6.21. The van der Waals surface area contributed by atoms with Gasteiger partial charge in [0.05, 0.1) is 50.4 Å². The third-order valence-electron chi connectivity index (χ3n) is 7.26. The highest BCUT2D eigenvalue weighted by atomic mass is 15.1. The molecule has 0 aliphatic rings. The Morgan fingerprint density at radius 1 is 0.450 bits per heavy atom. The van der Waals surface area contributed by atoms with Crippen LogP contribution in [0.3, 0.4) is 0 Å². The molecule has 0 bridgehead atoms. The van der Waals surface area contributed by atoms with Crippen LogP contribution in [0.5, 0.6) is 0 Å². The van der Waals surface area contributed by atoms with E-state index in [0.29, 0.717) is 0 Å². The highest BCUT2D eigenvalue weighted by Crippen LogP contribution is 2.40. The molecular weight excluding hydrogens is 492 g/mol. The molecule has 0 saturated heterocycles. The summed E-state index contributed by atoms with van der Waals surface area (Å²) in [7, 11) is 0. The summed E-state index contributed by atoms with van der Waals surface area (Å²) in [4.78, 5) is 19.1. The molecule has 0 amide bonds. The van der Waals surface area contributed by atoms with Crippen LogP contribution in [-0.4, -0.2) is 29.1 Å². The predicted octanol–water partition coefficient (Wildman–Crippen LogP) is 7.64. The monoisotopic (exact) mass is 514 g/mol. The van der Waals surface area contributed by atoms with Gasteiger partial charge in [-0.25, -0.2) is 4.98 Å². The van der Waals surface area contributed by atoms with E-state index in [4.69, 9.17) is 9.97 Å². The maximum atomic E-state index is 5.01. The van der Waals surface area contributed by atoms with Crippen molar-refractivity contribution in [3.63, 3.8) is 0 Å². The first-order valence-electron chi connectivity index (χ1n) is 13.2. The quantitative estimate of drug-likeness (QED) is 0.242. The number of pyridine rings is 4. The van der Waals surface area contributed by atoms with Gasteiger partial charge in [-0.3, -0.25) is 24.1 Å². The number of para-hydroxylation sites is 2. The summed E-state index contributed by atoms with van der Waals surface area (Å²) in [5.74, 6) is 0. The topological polar surface area (TPSA) is 61.4 Å². The zero-order valence-electron chi connectivity index (χ0n) is 21.4. The second-order valence-electron chi connectivity index (χ2n) is 9.62. The fourth-order valence-corrected chi connectivity index (χ4v) is 5.59. The molecule has 0 aliphatic carbocycles. The Bertz CT molecular complexity index is 2090. The molecule has 0 atom stereocenters. The van der Waals surface area contributed by atoms with Crippen LogP contribution in [-0.2, 0) is 0 Å². The Morgan fingerprint density at radius 2 is 1.05 bits per heavy atom. The lowest BCUT2D eigenvalue weighted by molar-refractivity contribution is 1.06. The molecule has 0 radical (unpaired) electrons. The maximum Gasteiger partial charge on any atom is 0.133 e. The summed E-state index contributed by atoms with van der Waals surface area (Å²) in [6, 6.07) is 39.1. The van der Waals surface area contributed by atoms with E-state index >= 15 is 0 Å². The van der Waals surface area contributed by atoms with Crippen LogP contribution >= 0.6 is 0 Å². The van der Waals surface area contributed by atoms with Crippen LogP contribution in [0.2, 0.25) is 0 Å². The van der Waals surface area contributed by atoms with Gasteiger partial charge in [0, 0.05) is 29.7 Å². The van der Waals surface area contributed by atoms with E-state index in [9.17, 15) is 0 Å². The Hall–Kier alpha value is -5.62. The van der Waals surface area contributed by atoms with Crippen molar-refractivity contribution in [1.29, 1.82) is 0 Å². The van der Waals surface area contributed by atoms with Crippen LogP contribution in [0.1, 0.15) is 0 Å². The van der Waals surface area contributed by atoms with Gasteiger partial charge in [-0.15, -0.1) is 0 Å². The van der Waals surface area contributed by atoms with Crippen molar-refractivity contribution in [2.24, 2.45) is 0 Å². The summed E-state index contributed by atoms with van der Waals surface area (Å²) >= 11 is 0. The molecule has 6 aromatic heterocycles. The van der Waals surface area contributed by atoms with Crippen molar-refractivity contribution >= 4 is 33.0 Å². The number of aromatic nitrogens is 6. The van der Waals surface area contributed by atoms with E-state index in [-0.39, 0.29) is 0 Å². The molecule has 8 aromatic rings. The molecule has 0 saturated carbocycles. The van der Waals surface area contributed by atoms with Gasteiger partial charge in [-0.05, 0) is 66.7 Å². The molecule has 0 spiro atoms. The number of rotatable bonds is 4. The van der Waals surface area contributed by atoms with Gasteiger partial charge in [-0.2, -0.15) is 0 Å². The Morgan fingerprint density at radius 3 is 1.75 bits per heavy atom. The van der Waals surface area contributed by atoms with Crippen LogP contribution < -0.4 is 0 Å². The molecule has 0 aliphatic heterocycles. The predicted molar refractivity (Wildman–Crippen MR) is 160 cm³/mol. The fourth-order valence-electron chi connectivity index (χ4n) is 5.59. The van der Waals surface area contributed by atoms with Crippen molar-refractivity contribution in [3.8, 4) is 34.2 Å². The number of hydrogen-bond acceptors (Lipinski definition) is 4. The van der Waals surface area contributed by atoms with Crippen LogP contribution in [0.25, 0.3) is 67.1 Å². The minimum Gasteiger partial charge on any atom is -0.295 e. The lowest BCUT2D eigenvalue weighted by Gasteiger charge is -2.15. The standard InChI is InChI=1S/C34H22N6/c1-2-11-23(12-3-1)39-30-16-5-4-13-25(30)32-33-31(17-10-20-37-33)40(34(32)39)24-21-28(26-14-6-8-18-35-26)38-29(22-24)27-15-7-9-19-36-27/h1-22H. The van der Waals surface area contributed by atoms with E-state index < -0.39 is 0 Å². The smallest absolute Gasteiger partial charge is 0.133 e. The van der Waals surface area contributed by atoms with Crippen molar-refractivity contribution in [1.82, 2.24) is 29.1 Å². The minimum atomic E-state index is 0.778. The van der Waals surface area contributed by atoms with Crippen molar-refractivity contribution in [2.75, 3.05) is 0 Å². The Kier molecular flexibility index (Phi) is 5.03. The molecule has 6 heteroatoms. The lowest BCUT2D eigenvalue weighted by atomic mass is 10.1. The van der Waals surface area contributed by atoms with Gasteiger partial charge in [0.2, 0.25) is 0 Å². The van der Waals surface area contributed by atoms with E-state index in [2.05, 4.69) is 85.8 Å². The van der Waals surface area contributed by atoms with Crippen molar-refractivity contribution < 1.29 is 0 Å². The summed E-state index contributed by atoms with van der Waals surface area (Å²) < 4.78 is 4.62. The molecule has 40 heavy (non-hydrogen) atoms. The van der Waals surface area contributed by atoms with Crippen LogP contribution in [0.4, 0.5) is 0 Å². The summed E-state index contributed by atoms with van der Waals surface area (Å²) in [6.45, 7) is 0. The van der Waals surface area contributed by atoms with E-state index in [1.807, 2.05) is 54.7 Å². The van der Waals surface area contributed by atoms with Crippen molar-refractivity contribution in [2.45, 2.75) is 0 Å². The zero-order chi connectivity index (χ0) is 26.5. The second kappa shape index (κ2) is 8.99. The zero-order valence-corrected chi connectivity index (χ0v) is 21.4. The molecular formula is C34H22N6. The molecule has 188 valence electrons. The average Bonchev–Trinajstić information content (AvgIpc) is 3.55. The van der Waals surface area contributed by atoms with E-state index in [0.717, 1.165) is 67.1 Å². The van der Waals surface area contributed by atoms with Gasteiger partial charge in [0.25, 0.3) is 0 Å². The number of nitrogens with zero attached hydrogens (tertiary/aromatic N) is 6. The van der Waals surface area contributed by atoms with Crippen molar-refractivity contribution in [3.05, 3.63) is 134 Å². The molecule has 6 heterocycles. The third-order valence-corrected chi connectivity index (χ3v) is 7.26. The molecule has 0 fully saturated rings. The molecule has 8 rings (SSSR count). The SMILES string of the molecule is c1ccc(-n2c3ccccc3c3c4ncccc4n(-c4cc(-c5ccccn5)nc(-c5ccccn5)c4)c32)cc1. The average molecular weight is 515 g/mol. The maximum absolute atomic E-state index is 5.01. The molecule has 6 nitrogen and oxygen atoms in total. The van der Waals surface area contributed by atoms with Gasteiger partial charge in [0.1, 0.15) is 5.65 Å². The number of benzene rings is 2. The summed E-state index contributed by atoms with van der Waals surface area (Å²) in [6.07, 6.45) is 5.46. The first kappa shape index (κ1) is 22.4. The van der Waals surface area contributed by atoms with Crippen LogP contribution in [0, 0.1) is 0 Å². The summed E-state index contributed by atoms with van der Waals surface area (Å²) in [5.41, 5.74) is 9.36. The van der Waals surface area contributed by atoms with Crippen LogP contribution in [0.15, 0.2) is 134 Å². The highest BCUT2D eigenvalue weighted by Gasteiger charge is 2.23. The molecule has 0 N–H and O–H groups in total. The van der Waals surface area contributed by atoms with Gasteiger partial charge in [-0.1, -0.05) is 48.5 Å². The number of fused-ring (bicyclic) bond motifs is 5. The second-order valence-corrected chi connectivity index (χ2v) is 9.62. The molecule has 0 unspecified atom stereocenters. The molecule has 2 aromatic carbocycles. The first-order valence-corrected chi connectivity index (χ1v) is 13.2. The first-order chi connectivity index (χ1) is 19.9. The minimum absolute atomic E-state index is 0.778. The Labute approximate surface area is 229 Å². The van der Waals surface area contributed by atoms with E-state index in [1.54, 1.807) is 12.4 Å². The largest absolute Gasteiger partial charge is 0.295 e.